The van der Waals surface area contributed by atoms with Gasteiger partial charge < -0.3 is 20.0 Å². The van der Waals surface area contributed by atoms with Crippen LogP contribution in [-0.2, 0) is 0 Å². The van der Waals surface area contributed by atoms with E-state index in [2.05, 4.69) is 71.2 Å². The highest BCUT2D eigenvalue weighted by molar-refractivity contribution is 14.0. The second kappa shape index (κ2) is 11.5. The Morgan fingerprint density at radius 2 is 1.79 bits per heavy atom. The van der Waals surface area contributed by atoms with Gasteiger partial charge in [0.1, 0.15) is 0 Å². The summed E-state index contributed by atoms with van der Waals surface area (Å²) in [5, 5.41) is 3.44. The fourth-order valence-electron chi connectivity index (χ4n) is 2.73. The van der Waals surface area contributed by atoms with Crippen molar-refractivity contribution in [2.75, 3.05) is 64.3 Å². The van der Waals surface area contributed by atoms with Crippen LogP contribution in [0.25, 0.3) is 0 Å². The van der Waals surface area contributed by atoms with Crippen molar-refractivity contribution in [3.63, 3.8) is 0 Å². The SMILES string of the molecule is CCNC(=NCCN(C)CC)N1CCN(c2ccccc2)CC1.I. The molecular weight excluding hydrogens is 413 g/mol. The Morgan fingerprint density at radius 1 is 1.12 bits per heavy atom. The van der Waals surface area contributed by atoms with Crippen LogP contribution in [0.1, 0.15) is 13.8 Å². The van der Waals surface area contributed by atoms with E-state index in [4.69, 9.17) is 4.99 Å². The fraction of sp³-hybridized carbons (Fsp3) is 0.611. The lowest BCUT2D eigenvalue weighted by molar-refractivity contribution is 0.355. The van der Waals surface area contributed by atoms with E-state index >= 15 is 0 Å². The van der Waals surface area contributed by atoms with E-state index < -0.39 is 0 Å². The van der Waals surface area contributed by atoms with Gasteiger partial charge in [-0.15, -0.1) is 24.0 Å². The summed E-state index contributed by atoms with van der Waals surface area (Å²) in [6.07, 6.45) is 0. The van der Waals surface area contributed by atoms with E-state index in [1.807, 2.05) is 0 Å². The molecule has 1 saturated heterocycles. The van der Waals surface area contributed by atoms with Crippen molar-refractivity contribution >= 4 is 35.6 Å². The Hall–Kier alpha value is -1.02. The summed E-state index contributed by atoms with van der Waals surface area (Å²) < 4.78 is 0. The lowest BCUT2D eigenvalue weighted by Gasteiger charge is -2.37. The molecule has 0 atom stereocenters. The number of benzene rings is 1. The Kier molecular flexibility index (Phi) is 10.1. The van der Waals surface area contributed by atoms with Gasteiger partial charge in [-0.25, -0.2) is 0 Å². The molecule has 5 nitrogen and oxygen atoms in total. The predicted molar refractivity (Wildman–Crippen MR) is 115 cm³/mol. The first-order chi connectivity index (χ1) is 11.2. The van der Waals surface area contributed by atoms with Gasteiger partial charge in [0.25, 0.3) is 0 Å². The van der Waals surface area contributed by atoms with Crippen molar-refractivity contribution in [3.05, 3.63) is 30.3 Å². The zero-order valence-corrected chi connectivity index (χ0v) is 17.6. The van der Waals surface area contributed by atoms with E-state index in [-0.39, 0.29) is 24.0 Å². The molecule has 1 fully saturated rings. The maximum absolute atomic E-state index is 4.79. The zero-order valence-electron chi connectivity index (χ0n) is 15.2. The molecule has 1 aromatic carbocycles. The van der Waals surface area contributed by atoms with Crippen LogP contribution in [0, 0.1) is 0 Å². The summed E-state index contributed by atoms with van der Waals surface area (Å²) in [5.41, 5.74) is 1.32. The highest BCUT2D eigenvalue weighted by atomic mass is 127. The number of anilines is 1. The van der Waals surface area contributed by atoms with Crippen LogP contribution in [0.15, 0.2) is 35.3 Å². The first-order valence-electron chi connectivity index (χ1n) is 8.76. The minimum atomic E-state index is 0. The number of hydrogen-bond donors (Lipinski definition) is 1. The Morgan fingerprint density at radius 3 is 2.38 bits per heavy atom. The monoisotopic (exact) mass is 445 g/mol. The molecule has 0 amide bonds. The zero-order chi connectivity index (χ0) is 16.5. The molecule has 0 unspecified atom stereocenters. The van der Waals surface area contributed by atoms with Crippen molar-refractivity contribution in [3.8, 4) is 0 Å². The molecule has 0 aromatic heterocycles. The third kappa shape index (κ3) is 6.47. The van der Waals surface area contributed by atoms with E-state index in [0.29, 0.717) is 0 Å². The van der Waals surface area contributed by atoms with Crippen molar-refractivity contribution < 1.29 is 0 Å². The fourth-order valence-corrected chi connectivity index (χ4v) is 2.73. The van der Waals surface area contributed by atoms with Crippen molar-refractivity contribution in [1.82, 2.24) is 15.1 Å². The van der Waals surface area contributed by atoms with Crippen molar-refractivity contribution in [2.45, 2.75) is 13.8 Å². The van der Waals surface area contributed by atoms with Gasteiger partial charge in [-0.05, 0) is 32.6 Å². The maximum atomic E-state index is 4.79. The normalized spacial score (nSPS) is 15.4. The number of aliphatic imine (C=N–C) groups is 1. The molecule has 0 aliphatic carbocycles. The highest BCUT2D eigenvalue weighted by Crippen LogP contribution is 2.15. The molecule has 0 saturated carbocycles. The number of guanidine groups is 1. The van der Waals surface area contributed by atoms with Crippen LogP contribution in [0.4, 0.5) is 5.69 Å². The van der Waals surface area contributed by atoms with Crippen LogP contribution in [0.3, 0.4) is 0 Å². The Bertz CT molecular complexity index is 472. The Balaban J connectivity index is 0.00000288. The minimum Gasteiger partial charge on any atom is -0.368 e. The molecule has 136 valence electrons. The van der Waals surface area contributed by atoms with Crippen molar-refractivity contribution in [1.29, 1.82) is 0 Å². The number of para-hydroxylation sites is 1. The number of piperazine rings is 1. The van der Waals surface area contributed by atoms with Gasteiger partial charge in [-0.3, -0.25) is 4.99 Å². The standard InChI is InChI=1S/C18H31N5.HI/c1-4-19-18(20-11-12-21(3)5-2)23-15-13-22(14-16-23)17-9-7-6-8-10-17;/h6-10H,4-5,11-16H2,1-3H3,(H,19,20);1H. The quantitative estimate of drug-likeness (QED) is 0.414. The average Bonchev–Trinajstić information content (AvgIpc) is 2.61. The lowest BCUT2D eigenvalue weighted by Crippen LogP contribution is -2.52. The molecule has 0 radical (unpaired) electrons. The smallest absolute Gasteiger partial charge is 0.194 e. The third-order valence-electron chi connectivity index (χ3n) is 4.32. The second-order valence-electron chi connectivity index (χ2n) is 5.94. The number of nitrogens with zero attached hydrogens (tertiary/aromatic N) is 4. The molecule has 1 N–H and O–H groups in total. The van der Waals surface area contributed by atoms with Gasteiger partial charge in [-0.2, -0.15) is 0 Å². The van der Waals surface area contributed by atoms with E-state index in [1.54, 1.807) is 0 Å². The van der Waals surface area contributed by atoms with Gasteiger partial charge in [0, 0.05) is 45.0 Å². The van der Waals surface area contributed by atoms with E-state index in [9.17, 15) is 0 Å². The third-order valence-corrected chi connectivity index (χ3v) is 4.32. The molecule has 0 spiro atoms. The van der Waals surface area contributed by atoms with E-state index in [1.165, 1.54) is 5.69 Å². The average molecular weight is 445 g/mol. The van der Waals surface area contributed by atoms with Gasteiger partial charge in [0.2, 0.25) is 0 Å². The predicted octanol–water partition coefficient (Wildman–Crippen LogP) is 2.34. The van der Waals surface area contributed by atoms with Gasteiger partial charge in [0.15, 0.2) is 5.96 Å². The van der Waals surface area contributed by atoms with Gasteiger partial charge in [-0.1, -0.05) is 25.1 Å². The summed E-state index contributed by atoms with van der Waals surface area (Å²) in [6.45, 7) is 12.3. The molecule has 1 heterocycles. The Labute approximate surface area is 164 Å². The topological polar surface area (TPSA) is 34.1 Å². The number of hydrogen-bond acceptors (Lipinski definition) is 3. The van der Waals surface area contributed by atoms with Crippen molar-refractivity contribution in [2.24, 2.45) is 4.99 Å². The summed E-state index contributed by atoms with van der Waals surface area (Å²) >= 11 is 0. The summed E-state index contributed by atoms with van der Waals surface area (Å²) in [6, 6.07) is 10.7. The van der Waals surface area contributed by atoms with Crippen LogP contribution in [0.5, 0.6) is 0 Å². The highest BCUT2D eigenvalue weighted by Gasteiger charge is 2.19. The number of nitrogens with one attached hydrogen (secondary N) is 1. The molecule has 1 aliphatic heterocycles. The van der Waals surface area contributed by atoms with Crippen LogP contribution in [-0.4, -0.2) is 75.2 Å². The number of rotatable bonds is 6. The molecule has 1 aliphatic rings. The van der Waals surface area contributed by atoms with E-state index in [0.717, 1.165) is 58.3 Å². The summed E-state index contributed by atoms with van der Waals surface area (Å²) in [5.74, 6) is 1.06. The molecule has 24 heavy (non-hydrogen) atoms. The summed E-state index contributed by atoms with van der Waals surface area (Å²) in [7, 11) is 2.14. The van der Waals surface area contributed by atoms with Gasteiger partial charge >= 0.3 is 0 Å². The number of halogens is 1. The molecular formula is C18H32IN5. The molecule has 1 aromatic rings. The number of likely N-dealkylation sites (N-methyl/N-ethyl adjacent to an activating group) is 1. The first-order valence-corrected chi connectivity index (χ1v) is 8.76. The summed E-state index contributed by atoms with van der Waals surface area (Å²) in [4.78, 5) is 11.9. The molecule has 6 heteroatoms. The second-order valence-corrected chi connectivity index (χ2v) is 5.94. The van der Waals surface area contributed by atoms with Crippen LogP contribution >= 0.6 is 24.0 Å². The van der Waals surface area contributed by atoms with Crippen LogP contribution < -0.4 is 10.2 Å². The largest absolute Gasteiger partial charge is 0.368 e. The van der Waals surface area contributed by atoms with Crippen LogP contribution in [0.2, 0.25) is 0 Å². The van der Waals surface area contributed by atoms with Gasteiger partial charge in [0.05, 0.1) is 6.54 Å². The minimum absolute atomic E-state index is 0. The first kappa shape index (κ1) is 21.0. The maximum Gasteiger partial charge on any atom is 0.194 e. The molecule has 0 bridgehead atoms. The molecule has 2 rings (SSSR count). The lowest BCUT2D eigenvalue weighted by atomic mass is 10.2.